The first-order valence-corrected chi connectivity index (χ1v) is 8.96. The molecule has 0 radical (unpaired) electrons. The minimum absolute atomic E-state index is 0.106. The summed E-state index contributed by atoms with van der Waals surface area (Å²) in [7, 11) is 0. The highest BCUT2D eigenvalue weighted by Crippen LogP contribution is 2.44. The van der Waals surface area contributed by atoms with Crippen molar-refractivity contribution in [3.63, 3.8) is 0 Å². The van der Waals surface area contributed by atoms with E-state index in [1.165, 1.54) is 0 Å². The summed E-state index contributed by atoms with van der Waals surface area (Å²) < 4.78 is 90.7. The number of carboxylic acids is 1. The van der Waals surface area contributed by atoms with Gasteiger partial charge in [0.15, 0.2) is 0 Å². The van der Waals surface area contributed by atoms with Crippen molar-refractivity contribution < 1.29 is 50.5 Å². The number of halogens is 6. The Labute approximate surface area is 169 Å². The van der Waals surface area contributed by atoms with Crippen molar-refractivity contribution in [1.29, 1.82) is 0 Å². The van der Waals surface area contributed by atoms with Gasteiger partial charge in [-0.1, -0.05) is 12.8 Å². The molecule has 2 aromatic rings. The maximum atomic E-state index is 13.5. The van der Waals surface area contributed by atoms with Gasteiger partial charge in [-0.25, -0.2) is 9.78 Å². The van der Waals surface area contributed by atoms with Gasteiger partial charge in [0, 0.05) is 0 Å². The Hall–Kier alpha value is -2.90. The van der Waals surface area contributed by atoms with Crippen LogP contribution in [0.1, 0.15) is 53.9 Å². The van der Waals surface area contributed by atoms with Crippen LogP contribution in [0.3, 0.4) is 0 Å². The lowest BCUT2D eigenvalue weighted by Crippen LogP contribution is -2.42. The van der Waals surface area contributed by atoms with Crippen LogP contribution < -0.4 is 4.74 Å². The molecule has 8 nitrogen and oxygen atoms in total. The SMILES string of the molecule is O=C(O)c1cc(C(F)(F)F)c2nc1-c1nnc(o1)C(O)(C(F)(F)F)CCCCCCO2. The highest BCUT2D eigenvalue weighted by Gasteiger charge is 2.58. The average molecular weight is 455 g/mol. The third kappa shape index (κ3) is 4.43. The molecular formula is C17H15F6N3O5. The van der Waals surface area contributed by atoms with E-state index in [-0.39, 0.29) is 31.9 Å². The number of carboxylic acid groups (broad SMARTS) is 1. The van der Waals surface area contributed by atoms with E-state index in [0.29, 0.717) is 6.42 Å². The zero-order valence-electron chi connectivity index (χ0n) is 15.5. The number of fused-ring (bicyclic) bond motifs is 5. The van der Waals surface area contributed by atoms with Crippen molar-refractivity contribution in [3.05, 3.63) is 23.1 Å². The molecule has 0 aliphatic carbocycles. The molecule has 2 N–H and O–H groups in total. The number of aliphatic hydroxyl groups is 1. The molecule has 1 unspecified atom stereocenters. The van der Waals surface area contributed by atoms with Crippen LogP contribution in [0, 0.1) is 0 Å². The van der Waals surface area contributed by atoms with Crippen LogP contribution in [-0.2, 0) is 11.8 Å². The number of alkyl halides is 6. The van der Waals surface area contributed by atoms with E-state index >= 15 is 0 Å². The number of pyridine rings is 1. The number of aromatic nitrogens is 3. The standard InChI is InChI=1S/C17H15F6N3O5/c18-16(19,20)9-7-8(13(27)28)10-12-25-26-14(31-12)15(29,17(21,22)23)5-3-1-2-4-6-30-11(9)24-10/h7,29H,1-6H2,(H,27,28). The number of nitrogens with zero attached hydrogens (tertiary/aromatic N) is 3. The second-order valence-electron chi connectivity index (χ2n) is 6.82. The molecule has 3 rings (SSSR count). The van der Waals surface area contributed by atoms with Gasteiger partial charge in [0.2, 0.25) is 11.5 Å². The average Bonchev–Trinajstić information content (AvgIpc) is 3.14. The van der Waals surface area contributed by atoms with Crippen LogP contribution in [-0.4, -0.2) is 44.1 Å². The molecule has 0 aromatic carbocycles. The second kappa shape index (κ2) is 7.98. The number of ether oxygens (including phenoxy) is 1. The zero-order valence-corrected chi connectivity index (χ0v) is 15.5. The summed E-state index contributed by atoms with van der Waals surface area (Å²) in [6.07, 6.45) is -10.4. The van der Waals surface area contributed by atoms with Gasteiger partial charge in [0.05, 0.1) is 12.2 Å². The summed E-state index contributed by atoms with van der Waals surface area (Å²) in [4.78, 5) is 15.0. The highest BCUT2D eigenvalue weighted by molar-refractivity contribution is 5.94. The minimum atomic E-state index is -5.20. The molecule has 4 bridgehead atoms. The van der Waals surface area contributed by atoms with E-state index in [4.69, 9.17) is 9.15 Å². The van der Waals surface area contributed by atoms with Crippen molar-refractivity contribution in [2.75, 3.05) is 6.61 Å². The number of rotatable bonds is 1. The van der Waals surface area contributed by atoms with E-state index < -0.39 is 64.8 Å². The predicted molar refractivity (Wildman–Crippen MR) is 88.0 cm³/mol. The van der Waals surface area contributed by atoms with Crippen molar-refractivity contribution in [3.8, 4) is 17.5 Å². The van der Waals surface area contributed by atoms with E-state index in [1.807, 2.05) is 0 Å². The Morgan fingerprint density at radius 3 is 2.35 bits per heavy atom. The summed E-state index contributed by atoms with van der Waals surface area (Å²) in [6.45, 7) is -0.249. The maximum Gasteiger partial charge on any atom is 0.426 e. The van der Waals surface area contributed by atoms with Crippen LogP contribution in [0.15, 0.2) is 10.5 Å². The van der Waals surface area contributed by atoms with Gasteiger partial charge in [0.1, 0.15) is 11.3 Å². The van der Waals surface area contributed by atoms with Crippen LogP contribution in [0.2, 0.25) is 0 Å². The predicted octanol–water partition coefficient (Wildman–Crippen LogP) is 3.94. The molecule has 0 spiro atoms. The Bertz CT molecular complexity index is 974. The minimum Gasteiger partial charge on any atom is -0.478 e. The molecule has 14 heteroatoms. The molecule has 0 saturated heterocycles. The van der Waals surface area contributed by atoms with Crippen molar-refractivity contribution >= 4 is 5.97 Å². The van der Waals surface area contributed by atoms with E-state index in [1.54, 1.807) is 0 Å². The molecule has 3 heterocycles. The van der Waals surface area contributed by atoms with Crippen molar-refractivity contribution in [2.24, 2.45) is 0 Å². The molecule has 170 valence electrons. The summed E-state index contributed by atoms with van der Waals surface area (Å²) in [5, 5.41) is 26.0. The van der Waals surface area contributed by atoms with Gasteiger partial charge in [-0.3, -0.25) is 0 Å². The Kier molecular flexibility index (Phi) is 5.86. The molecular weight excluding hydrogens is 440 g/mol. The summed E-state index contributed by atoms with van der Waals surface area (Å²) in [5.41, 5.74) is -6.86. The Balaban J connectivity index is 2.23. The summed E-state index contributed by atoms with van der Waals surface area (Å²) in [5.74, 6) is -5.03. The lowest BCUT2D eigenvalue weighted by atomic mass is 9.95. The van der Waals surface area contributed by atoms with Gasteiger partial charge in [-0.05, 0) is 25.3 Å². The fourth-order valence-corrected chi connectivity index (χ4v) is 3.00. The van der Waals surface area contributed by atoms with Gasteiger partial charge < -0.3 is 19.4 Å². The van der Waals surface area contributed by atoms with Crippen LogP contribution >= 0.6 is 0 Å². The third-order valence-corrected chi connectivity index (χ3v) is 4.65. The quantitative estimate of drug-likeness (QED) is 0.621. The summed E-state index contributed by atoms with van der Waals surface area (Å²) >= 11 is 0. The fourth-order valence-electron chi connectivity index (χ4n) is 3.00. The largest absolute Gasteiger partial charge is 0.478 e. The van der Waals surface area contributed by atoms with Crippen molar-refractivity contribution in [1.82, 2.24) is 15.2 Å². The first-order chi connectivity index (χ1) is 14.3. The topological polar surface area (TPSA) is 119 Å². The number of aromatic carboxylic acids is 1. The second-order valence-corrected chi connectivity index (χ2v) is 6.82. The van der Waals surface area contributed by atoms with Crippen LogP contribution in [0.25, 0.3) is 11.6 Å². The first kappa shape index (κ1) is 22.8. The molecule has 2 aromatic heterocycles. The molecule has 1 aliphatic heterocycles. The summed E-state index contributed by atoms with van der Waals surface area (Å²) in [6, 6.07) is 0.228. The van der Waals surface area contributed by atoms with E-state index in [9.17, 15) is 41.4 Å². The zero-order chi connectivity index (χ0) is 23.0. The normalized spacial score (nSPS) is 20.6. The van der Waals surface area contributed by atoms with Crippen LogP contribution in [0.5, 0.6) is 5.88 Å². The smallest absolute Gasteiger partial charge is 0.426 e. The van der Waals surface area contributed by atoms with Gasteiger partial charge in [-0.2, -0.15) is 26.3 Å². The molecule has 0 fully saturated rings. The Morgan fingerprint density at radius 1 is 1.06 bits per heavy atom. The number of carbonyl (C=O) groups is 1. The van der Waals surface area contributed by atoms with Gasteiger partial charge in [-0.15, -0.1) is 10.2 Å². The van der Waals surface area contributed by atoms with Gasteiger partial charge in [0.25, 0.3) is 11.8 Å². The first-order valence-electron chi connectivity index (χ1n) is 8.96. The van der Waals surface area contributed by atoms with Crippen LogP contribution in [0.4, 0.5) is 26.3 Å². The molecule has 1 aliphatic rings. The Morgan fingerprint density at radius 2 is 1.74 bits per heavy atom. The number of hydrogen-bond donors (Lipinski definition) is 2. The lowest BCUT2D eigenvalue weighted by molar-refractivity contribution is -0.277. The van der Waals surface area contributed by atoms with Crippen molar-refractivity contribution in [2.45, 2.75) is 50.1 Å². The van der Waals surface area contributed by atoms with E-state index in [0.717, 1.165) is 0 Å². The van der Waals surface area contributed by atoms with Gasteiger partial charge >= 0.3 is 18.3 Å². The highest BCUT2D eigenvalue weighted by atomic mass is 19.4. The van der Waals surface area contributed by atoms with E-state index in [2.05, 4.69) is 15.2 Å². The molecule has 0 amide bonds. The fraction of sp³-hybridized carbons (Fsp3) is 0.529. The third-order valence-electron chi connectivity index (χ3n) is 4.65. The monoisotopic (exact) mass is 455 g/mol. The molecule has 1 atom stereocenters. The molecule has 31 heavy (non-hydrogen) atoms. The molecule has 0 saturated carbocycles. The lowest BCUT2D eigenvalue weighted by Gasteiger charge is -2.27. The number of hydrogen-bond acceptors (Lipinski definition) is 7. The maximum absolute atomic E-state index is 13.5.